The van der Waals surface area contributed by atoms with E-state index in [9.17, 15) is 18.8 Å². The molecule has 2 amide bonds. The zero-order valence-electron chi connectivity index (χ0n) is 24.6. The number of carbonyl (C=O) groups is 3. The van der Waals surface area contributed by atoms with E-state index < -0.39 is 34.8 Å². The number of ether oxygens (including phenoxy) is 3. The molecular weight excluding hydrogens is 588 g/mol. The second-order valence-corrected chi connectivity index (χ2v) is 10.9. The second kappa shape index (κ2) is 13.7. The van der Waals surface area contributed by atoms with E-state index in [1.807, 2.05) is 0 Å². The molecule has 45 heavy (non-hydrogen) atoms. The lowest BCUT2D eigenvalue weighted by Gasteiger charge is -2.28. The number of hydrogen-bond acceptors (Lipinski definition) is 7. The summed E-state index contributed by atoms with van der Waals surface area (Å²) in [4.78, 5) is 41.0. The van der Waals surface area contributed by atoms with Gasteiger partial charge in [0.2, 0.25) is 11.8 Å². The highest BCUT2D eigenvalue weighted by Gasteiger charge is 2.56. The molecule has 0 bridgehead atoms. The average Bonchev–Trinajstić information content (AvgIpc) is 3.83. The van der Waals surface area contributed by atoms with Gasteiger partial charge in [-0.2, -0.15) is 0 Å². The largest absolute Gasteiger partial charge is 0.494 e. The van der Waals surface area contributed by atoms with E-state index >= 15 is 4.39 Å². The molecule has 2 aromatic carbocycles. The van der Waals surface area contributed by atoms with Gasteiger partial charge < -0.3 is 30.0 Å². The van der Waals surface area contributed by atoms with Crippen molar-refractivity contribution in [2.24, 2.45) is 10.4 Å². The summed E-state index contributed by atoms with van der Waals surface area (Å²) < 4.78 is 45.8. The number of rotatable bonds is 14. The number of unbranched alkanes of at least 4 members (excludes halogenated alkanes) is 2. The minimum Gasteiger partial charge on any atom is -0.494 e. The van der Waals surface area contributed by atoms with Crippen LogP contribution in [0, 0.1) is 17.0 Å². The van der Waals surface area contributed by atoms with E-state index in [1.165, 1.54) is 43.5 Å². The molecule has 2 aromatic rings. The fraction of sp³-hybridized carbons (Fsp3) is 0.333. The van der Waals surface area contributed by atoms with Crippen molar-refractivity contribution in [3.8, 4) is 5.75 Å². The molecule has 0 saturated heterocycles. The van der Waals surface area contributed by atoms with E-state index in [0.29, 0.717) is 67.2 Å². The Bertz CT molecular complexity index is 1590. The Balaban J connectivity index is 1.20. The summed E-state index contributed by atoms with van der Waals surface area (Å²) in [5.74, 6) is -1.64. The van der Waals surface area contributed by atoms with Gasteiger partial charge in [0.15, 0.2) is 17.3 Å². The maximum atomic E-state index is 15.2. The summed E-state index contributed by atoms with van der Waals surface area (Å²) in [6.45, 7) is 0.411. The average molecular weight is 622 g/mol. The molecule has 2 aliphatic carbocycles. The molecule has 10 nitrogen and oxygen atoms in total. The Hall–Kier alpha value is -5.00. The second-order valence-electron chi connectivity index (χ2n) is 10.9. The first-order valence-electron chi connectivity index (χ1n) is 14.6. The lowest BCUT2D eigenvalue weighted by molar-refractivity contribution is -0.137. The maximum Gasteiger partial charge on any atom is 0.303 e. The van der Waals surface area contributed by atoms with E-state index in [0.717, 1.165) is 12.5 Å². The van der Waals surface area contributed by atoms with E-state index in [1.54, 1.807) is 18.4 Å². The van der Waals surface area contributed by atoms with Crippen molar-refractivity contribution in [3.63, 3.8) is 0 Å². The predicted octanol–water partition coefficient (Wildman–Crippen LogP) is 5.89. The maximum absolute atomic E-state index is 15.2. The topological polar surface area (TPSA) is 136 Å². The highest BCUT2D eigenvalue weighted by Crippen LogP contribution is 2.47. The standard InChI is InChI=1S/C33H33F2N3O7/c1-43-28-18-23-25(19-29(28)44-16-4-2-3-5-30(39)40)36-15-12-26(23)45-27-11-10-22(17-24(27)35)38-32(42)33(13-14-33)31(41)37-21-8-6-20(34)7-9-21/h6-12,15,17-18,25H,2-5,13-14,16,19H2,1H3,(H,37,41)(H,38,42)(H,39,40). The smallest absolute Gasteiger partial charge is 0.303 e. The quantitative estimate of drug-likeness (QED) is 0.177. The fourth-order valence-corrected chi connectivity index (χ4v) is 5.03. The molecule has 3 N–H and O–H groups in total. The number of carbonyl (C=O) groups excluding carboxylic acids is 2. The van der Waals surface area contributed by atoms with Crippen LogP contribution in [0.3, 0.4) is 0 Å². The van der Waals surface area contributed by atoms with E-state index in [2.05, 4.69) is 15.6 Å². The number of benzene rings is 2. The summed E-state index contributed by atoms with van der Waals surface area (Å²) in [6.07, 6.45) is 8.16. The van der Waals surface area contributed by atoms with Crippen LogP contribution in [0.25, 0.3) is 0 Å². The Morgan fingerprint density at radius 3 is 2.38 bits per heavy atom. The Morgan fingerprint density at radius 2 is 1.71 bits per heavy atom. The minimum absolute atomic E-state index is 0.0734. The van der Waals surface area contributed by atoms with Gasteiger partial charge in [-0.05, 0) is 80.7 Å². The van der Waals surface area contributed by atoms with Crippen LogP contribution in [0.4, 0.5) is 20.2 Å². The van der Waals surface area contributed by atoms with Gasteiger partial charge in [0.1, 0.15) is 22.8 Å². The van der Waals surface area contributed by atoms with Crippen LogP contribution in [-0.4, -0.2) is 48.9 Å². The minimum atomic E-state index is -1.29. The molecule has 3 aliphatic rings. The van der Waals surface area contributed by atoms with Gasteiger partial charge in [-0.1, -0.05) is 0 Å². The summed E-state index contributed by atoms with van der Waals surface area (Å²) in [5, 5.41) is 14.0. The number of allylic oxidation sites excluding steroid dienone is 2. The summed E-state index contributed by atoms with van der Waals surface area (Å²) in [7, 11) is 1.52. The molecule has 1 saturated carbocycles. The number of aliphatic carboxylic acids is 1. The molecule has 12 heteroatoms. The van der Waals surface area contributed by atoms with Gasteiger partial charge >= 0.3 is 5.97 Å². The van der Waals surface area contributed by atoms with Crippen molar-refractivity contribution < 1.29 is 42.5 Å². The third-order valence-corrected chi connectivity index (χ3v) is 7.74. The molecule has 236 valence electrons. The number of hydrogen-bond donors (Lipinski definition) is 3. The number of carboxylic acid groups (broad SMARTS) is 1. The van der Waals surface area contributed by atoms with Crippen LogP contribution < -0.4 is 15.4 Å². The fourth-order valence-electron chi connectivity index (χ4n) is 5.03. The lowest BCUT2D eigenvalue weighted by Crippen LogP contribution is -2.35. The van der Waals surface area contributed by atoms with Crippen molar-refractivity contribution in [1.29, 1.82) is 0 Å². The van der Waals surface area contributed by atoms with Crippen molar-refractivity contribution >= 4 is 35.4 Å². The normalized spacial score (nSPS) is 17.8. The van der Waals surface area contributed by atoms with Gasteiger partial charge in [0, 0.05) is 42.1 Å². The van der Waals surface area contributed by atoms with Crippen LogP contribution in [0.1, 0.15) is 44.9 Å². The Morgan fingerprint density at radius 1 is 1.00 bits per heavy atom. The SMILES string of the molecule is COC1=C(OCCCCCC(=O)O)CC2N=CC=C(Oc3ccc(NC(=O)C4(C(=O)Nc5ccc(F)cc5)CC4)cc3F)C2=C1. The molecule has 1 fully saturated rings. The molecular formula is C33H33F2N3O7. The van der Waals surface area contributed by atoms with Gasteiger partial charge in [-0.25, -0.2) is 8.78 Å². The van der Waals surface area contributed by atoms with Crippen LogP contribution in [-0.2, 0) is 23.9 Å². The summed E-state index contributed by atoms with van der Waals surface area (Å²) in [5.41, 5.74) is -0.0754. The van der Waals surface area contributed by atoms with Crippen LogP contribution in [0.2, 0.25) is 0 Å². The number of aliphatic imine (C=N–C) groups is 1. The van der Waals surface area contributed by atoms with Gasteiger partial charge in [0.05, 0.1) is 19.8 Å². The van der Waals surface area contributed by atoms with Gasteiger partial charge in [-0.15, -0.1) is 0 Å². The van der Waals surface area contributed by atoms with E-state index in [4.69, 9.17) is 19.3 Å². The molecule has 1 aliphatic heterocycles. The first-order chi connectivity index (χ1) is 21.7. The van der Waals surface area contributed by atoms with Crippen LogP contribution in [0.15, 0.2) is 82.5 Å². The zero-order valence-corrected chi connectivity index (χ0v) is 24.6. The van der Waals surface area contributed by atoms with Crippen molar-refractivity contribution in [3.05, 3.63) is 89.1 Å². The van der Waals surface area contributed by atoms with Crippen LogP contribution in [0.5, 0.6) is 5.75 Å². The number of amides is 2. The first kappa shape index (κ1) is 31.4. The number of fused-ring (bicyclic) bond motifs is 1. The van der Waals surface area contributed by atoms with Gasteiger partial charge in [-0.3, -0.25) is 19.4 Å². The molecule has 1 unspecified atom stereocenters. The number of nitrogens with one attached hydrogen (secondary N) is 2. The molecule has 0 aromatic heterocycles. The molecule has 1 heterocycles. The molecule has 0 spiro atoms. The van der Waals surface area contributed by atoms with E-state index in [-0.39, 0.29) is 23.9 Å². The van der Waals surface area contributed by atoms with Crippen molar-refractivity contribution in [2.45, 2.75) is 51.0 Å². The number of nitrogens with zero attached hydrogens (tertiary/aromatic N) is 1. The number of anilines is 2. The summed E-state index contributed by atoms with van der Waals surface area (Å²) >= 11 is 0. The molecule has 5 rings (SSSR count). The van der Waals surface area contributed by atoms with Crippen molar-refractivity contribution in [2.75, 3.05) is 24.4 Å². The van der Waals surface area contributed by atoms with Crippen LogP contribution >= 0.6 is 0 Å². The molecule has 1 atom stereocenters. The monoisotopic (exact) mass is 621 g/mol. The highest BCUT2D eigenvalue weighted by atomic mass is 19.1. The Kier molecular flexibility index (Phi) is 9.60. The van der Waals surface area contributed by atoms with Crippen molar-refractivity contribution in [1.82, 2.24) is 0 Å². The number of halogens is 2. The number of carboxylic acids is 1. The molecule has 0 radical (unpaired) electrons. The zero-order chi connectivity index (χ0) is 32.0. The third-order valence-electron chi connectivity index (χ3n) is 7.74. The number of dihydropyridines is 1. The highest BCUT2D eigenvalue weighted by molar-refractivity contribution is 6.16. The summed E-state index contributed by atoms with van der Waals surface area (Å²) in [6, 6.07) is 8.89. The number of methoxy groups -OCH3 is 1. The predicted molar refractivity (Wildman–Crippen MR) is 162 cm³/mol. The Labute approximate surface area is 258 Å². The lowest BCUT2D eigenvalue weighted by atomic mass is 9.93. The first-order valence-corrected chi connectivity index (χ1v) is 14.6. The third kappa shape index (κ3) is 7.57. The van der Waals surface area contributed by atoms with Gasteiger partial charge in [0.25, 0.3) is 0 Å².